The maximum atomic E-state index is 12.4. The Bertz CT molecular complexity index is 751. The molecule has 4 nitrogen and oxygen atoms in total. The third-order valence-corrected chi connectivity index (χ3v) is 5.48. The number of anilines is 1. The minimum atomic E-state index is -0.336. The van der Waals surface area contributed by atoms with E-state index in [0.717, 1.165) is 24.8 Å². The molecule has 0 saturated heterocycles. The lowest BCUT2D eigenvalue weighted by atomic mass is 9.83. The van der Waals surface area contributed by atoms with Crippen LogP contribution in [0.4, 0.5) is 5.00 Å². The van der Waals surface area contributed by atoms with Gasteiger partial charge in [-0.15, -0.1) is 11.3 Å². The van der Waals surface area contributed by atoms with Crippen LogP contribution in [-0.4, -0.2) is 18.5 Å². The third-order valence-electron chi connectivity index (χ3n) is 4.31. The Labute approximate surface area is 145 Å². The van der Waals surface area contributed by atoms with E-state index in [1.165, 1.54) is 28.7 Å². The van der Waals surface area contributed by atoms with Crippen LogP contribution in [0.15, 0.2) is 30.3 Å². The standard InChI is InChI=1S/C19H21NO3S/c1-3-23-19(22)17-15-10-9-14(13-7-5-4-6-8-13)11-16(15)24-18(17)20-12(2)21/h4-8,14H,3,9-11H2,1-2H3,(H,20,21). The molecule has 0 spiro atoms. The molecular formula is C19H21NO3S. The van der Waals surface area contributed by atoms with Crippen LogP contribution in [0.5, 0.6) is 0 Å². The van der Waals surface area contributed by atoms with Gasteiger partial charge in [-0.25, -0.2) is 4.79 Å². The van der Waals surface area contributed by atoms with Crippen molar-refractivity contribution in [2.75, 3.05) is 11.9 Å². The summed E-state index contributed by atoms with van der Waals surface area (Å²) in [7, 11) is 0. The Hall–Kier alpha value is -2.14. The number of amides is 1. The highest BCUT2D eigenvalue weighted by Gasteiger charge is 2.30. The van der Waals surface area contributed by atoms with Gasteiger partial charge in [0.1, 0.15) is 5.00 Å². The van der Waals surface area contributed by atoms with Gasteiger partial charge in [0.2, 0.25) is 5.91 Å². The van der Waals surface area contributed by atoms with E-state index in [9.17, 15) is 9.59 Å². The summed E-state index contributed by atoms with van der Waals surface area (Å²) in [6.07, 6.45) is 2.73. The summed E-state index contributed by atoms with van der Waals surface area (Å²) in [5.74, 6) is -0.0479. The molecule has 0 saturated carbocycles. The van der Waals surface area contributed by atoms with E-state index in [1.54, 1.807) is 6.92 Å². The van der Waals surface area contributed by atoms with Crippen LogP contribution in [0.25, 0.3) is 0 Å². The summed E-state index contributed by atoms with van der Waals surface area (Å²) in [6, 6.07) is 10.5. The van der Waals surface area contributed by atoms with Gasteiger partial charge in [0, 0.05) is 11.8 Å². The van der Waals surface area contributed by atoms with Crippen molar-refractivity contribution >= 4 is 28.2 Å². The lowest BCUT2D eigenvalue weighted by Gasteiger charge is -2.23. The van der Waals surface area contributed by atoms with Crippen LogP contribution in [0.1, 0.15) is 52.5 Å². The number of carbonyl (C=O) groups is 2. The number of esters is 1. The highest BCUT2D eigenvalue weighted by Crippen LogP contribution is 2.42. The molecule has 1 heterocycles. The summed E-state index contributed by atoms with van der Waals surface area (Å²) in [5, 5.41) is 3.43. The second kappa shape index (κ2) is 7.18. The zero-order valence-corrected chi connectivity index (χ0v) is 14.7. The van der Waals surface area contributed by atoms with Crippen LogP contribution < -0.4 is 5.32 Å². The molecule has 0 fully saturated rings. The van der Waals surface area contributed by atoms with Crippen molar-refractivity contribution in [1.82, 2.24) is 0 Å². The van der Waals surface area contributed by atoms with Crippen LogP contribution in [-0.2, 0) is 22.4 Å². The van der Waals surface area contributed by atoms with E-state index in [2.05, 4.69) is 29.6 Å². The molecule has 5 heteroatoms. The number of fused-ring (bicyclic) bond motifs is 1. The second-order valence-electron chi connectivity index (χ2n) is 5.96. The first-order chi connectivity index (χ1) is 11.6. The molecule has 1 aromatic carbocycles. The Morgan fingerprint density at radius 3 is 2.71 bits per heavy atom. The van der Waals surface area contributed by atoms with Gasteiger partial charge in [0.05, 0.1) is 12.2 Å². The predicted octanol–water partition coefficient (Wildman–Crippen LogP) is 4.16. The molecule has 1 atom stereocenters. The molecule has 1 aliphatic carbocycles. The number of rotatable bonds is 4. The second-order valence-corrected chi connectivity index (χ2v) is 7.07. The fourth-order valence-electron chi connectivity index (χ4n) is 3.26. The van der Waals surface area contributed by atoms with E-state index in [-0.39, 0.29) is 11.9 Å². The summed E-state index contributed by atoms with van der Waals surface area (Å²) < 4.78 is 5.20. The molecule has 0 bridgehead atoms. The van der Waals surface area contributed by atoms with Crippen molar-refractivity contribution in [3.8, 4) is 0 Å². The van der Waals surface area contributed by atoms with Crippen LogP contribution in [0.2, 0.25) is 0 Å². The van der Waals surface area contributed by atoms with Crippen molar-refractivity contribution in [3.63, 3.8) is 0 Å². The van der Waals surface area contributed by atoms with Gasteiger partial charge in [0.15, 0.2) is 0 Å². The van der Waals surface area contributed by atoms with E-state index in [0.29, 0.717) is 23.1 Å². The quantitative estimate of drug-likeness (QED) is 0.848. The van der Waals surface area contributed by atoms with Crippen LogP contribution >= 0.6 is 11.3 Å². The summed E-state index contributed by atoms with van der Waals surface area (Å²) in [6.45, 7) is 3.58. The smallest absolute Gasteiger partial charge is 0.341 e. The summed E-state index contributed by atoms with van der Waals surface area (Å²) in [4.78, 5) is 25.0. The van der Waals surface area contributed by atoms with Crippen LogP contribution in [0, 0.1) is 0 Å². The predicted molar refractivity (Wildman–Crippen MR) is 95.8 cm³/mol. The SMILES string of the molecule is CCOC(=O)c1c(NC(C)=O)sc2c1CCC(c1ccccc1)C2. The first-order valence-electron chi connectivity index (χ1n) is 8.24. The zero-order chi connectivity index (χ0) is 17.1. The van der Waals surface area contributed by atoms with Gasteiger partial charge in [-0.05, 0) is 43.2 Å². The number of hydrogen-bond acceptors (Lipinski definition) is 4. The summed E-state index contributed by atoms with van der Waals surface area (Å²) in [5.41, 5.74) is 2.93. The molecule has 24 heavy (non-hydrogen) atoms. The maximum absolute atomic E-state index is 12.4. The minimum absolute atomic E-state index is 0.168. The zero-order valence-electron chi connectivity index (χ0n) is 13.9. The van der Waals surface area contributed by atoms with Gasteiger partial charge < -0.3 is 10.1 Å². The normalized spacial score (nSPS) is 16.3. The van der Waals surface area contributed by atoms with Gasteiger partial charge in [-0.1, -0.05) is 30.3 Å². The number of carbonyl (C=O) groups excluding carboxylic acids is 2. The molecule has 1 N–H and O–H groups in total. The van der Waals surface area contributed by atoms with Gasteiger partial charge >= 0.3 is 5.97 Å². The number of benzene rings is 1. The van der Waals surface area contributed by atoms with E-state index >= 15 is 0 Å². The molecule has 1 aromatic heterocycles. The van der Waals surface area contributed by atoms with Crippen molar-refractivity contribution in [2.24, 2.45) is 0 Å². The lowest BCUT2D eigenvalue weighted by Crippen LogP contribution is -2.15. The molecule has 3 rings (SSSR count). The maximum Gasteiger partial charge on any atom is 0.341 e. The molecule has 1 aliphatic rings. The number of thiophene rings is 1. The average Bonchev–Trinajstić information content (AvgIpc) is 2.92. The average molecular weight is 343 g/mol. The molecule has 126 valence electrons. The van der Waals surface area contributed by atoms with E-state index in [4.69, 9.17) is 4.74 Å². The first kappa shape index (κ1) is 16.7. The molecule has 1 amide bonds. The Morgan fingerprint density at radius 2 is 2.04 bits per heavy atom. The molecule has 0 aliphatic heterocycles. The largest absolute Gasteiger partial charge is 0.462 e. The third kappa shape index (κ3) is 3.36. The Balaban J connectivity index is 1.94. The highest BCUT2D eigenvalue weighted by atomic mass is 32.1. The van der Waals surface area contributed by atoms with Crippen molar-refractivity contribution in [3.05, 3.63) is 51.9 Å². The lowest BCUT2D eigenvalue weighted by molar-refractivity contribution is -0.114. The Kier molecular flexibility index (Phi) is 5.00. The molecule has 2 aromatic rings. The first-order valence-corrected chi connectivity index (χ1v) is 9.06. The number of nitrogens with one attached hydrogen (secondary N) is 1. The van der Waals surface area contributed by atoms with Crippen LogP contribution in [0.3, 0.4) is 0 Å². The fourth-order valence-corrected chi connectivity index (χ4v) is 4.62. The van der Waals surface area contributed by atoms with E-state index in [1.807, 2.05) is 6.07 Å². The molecular weight excluding hydrogens is 322 g/mol. The summed E-state index contributed by atoms with van der Waals surface area (Å²) >= 11 is 1.51. The Morgan fingerprint density at radius 1 is 1.29 bits per heavy atom. The van der Waals surface area contributed by atoms with Gasteiger partial charge in [0.25, 0.3) is 0 Å². The molecule has 1 unspecified atom stereocenters. The van der Waals surface area contributed by atoms with Gasteiger partial charge in [-0.3, -0.25) is 4.79 Å². The van der Waals surface area contributed by atoms with Crippen molar-refractivity contribution in [1.29, 1.82) is 0 Å². The number of hydrogen-bond donors (Lipinski definition) is 1. The highest BCUT2D eigenvalue weighted by molar-refractivity contribution is 7.17. The van der Waals surface area contributed by atoms with Crippen molar-refractivity contribution < 1.29 is 14.3 Å². The monoisotopic (exact) mass is 343 g/mol. The number of ether oxygens (including phenoxy) is 1. The van der Waals surface area contributed by atoms with Gasteiger partial charge in [-0.2, -0.15) is 0 Å². The molecule has 0 radical (unpaired) electrons. The van der Waals surface area contributed by atoms with Crippen molar-refractivity contribution in [2.45, 2.75) is 39.0 Å². The fraction of sp³-hybridized carbons (Fsp3) is 0.368. The topological polar surface area (TPSA) is 55.4 Å². The minimum Gasteiger partial charge on any atom is -0.462 e. The van der Waals surface area contributed by atoms with E-state index < -0.39 is 0 Å².